The summed E-state index contributed by atoms with van der Waals surface area (Å²) in [6, 6.07) is 4.80. The molecule has 3 heteroatoms. The predicted octanol–water partition coefficient (Wildman–Crippen LogP) is 3.55. The van der Waals surface area contributed by atoms with E-state index >= 15 is 0 Å². The Hall–Kier alpha value is -0.700. The van der Waals surface area contributed by atoms with Crippen molar-refractivity contribution in [2.45, 2.75) is 38.0 Å². The van der Waals surface area contributed by atoms with Gasteiger partial charge in [-0.2, -0.15) is 11.8 Å². The van der Waals surface area contributed by atoms with Crippen LogP contribution in [0.3, 0.4) is 0 Å². The minimum atomic E-state index is 0.546. The first-order valence-corrected chi connectivity index (χ1v) is 7.37. The molecule has 1 aliphatic carbocycles. The third-order valence-corrected chi connectivity index (χ3v) is 3.54. The highest BCUT2D eigenvalue weighted by atomic mass is 32.2. The van der Waals surface area contributed by atoms with Crippen LogP contribution in [-0.4, -0.2) is 17.3 Å². The van der Waals surface area contributed by atoms with E-state index in [1.165, 1.54) is 24.8 Å². The number of pyridine rings is 1. The Morgan fingerprint density at radius 2 is 2.38 bits per heavy atom. The number of nitrogens with zero attached hydrogens (tertiary/aromatic N) is 1. The van der Waals surface area contributed by atoms with Crippen molar-refractivity contribution < 1.29 is 0 Å². The predicted molar refractivity (Wildman–Crippen MR) is 71.9 cm³/mol. The molecule has 0 amide bonds. The van der Waals surface area contributed by atoms with E-state index in [0.717, 1.165) is 17.5 Å². The van der Waals surface area contributed by atoms with Crippen LogP contribution in [0, 0.1) is 5.92 Å². The van der Waals surface area contributed by atoms with Crippen molar-refractivity contribution in [2.75, 3.05) is 11.6 Å². The maximum Gasteiger partial charge on any atom is 0.126 e. The summed E-state index contributed by atoms with van der Waals surface area (Å²) >= 11 is 1.85. The summed E-state index contributed by atoms with van der Waals surface area (Å²) in [5.41, 5.74) is 1.35. The molecule has 88 valence electrons. The number of rotatable bonds is 6. The highest BCUT2D eigenvalue weighted by Gasteiger charge is 2.23. The molecular weight excluding hydrogens is 216 g/mol. The molecular formula is C13H20N2S. The van der Waals surface area contributed by atoms with Gasteiger partial charge in [-0.3, -0.25) is 0 Å². The van der Waals surface area contributed by atoms with E-state index in [1.807, 2.05) is 18.0 Å². The summed E-state index contributed by atoms with van der Waals surface area (Å²) in [6.45, 7) is 2.25. The largest absolute Gasteiger partial charge is 0.368 e. The normalized spacial score (nSPS) is 17.1. The van der Waals surface area contributed by atoms with Crippen LogP contribution < -0.4 is 5.32 Å². The van der Waals surface area contributed by atoms with Gasteiger partial charge in [-0.05, 0) is 43.2 Å². The van der Waals surface area contributed by atoms with Crippen molar-refractivity contribution >= 4 is 17.6 Å². The molecule has 0 radical (unpaired) electrons. The zero-order valence-electron chi connectivity index (χ0n) is 10.1. The third kappa shape index (κ3) is 3.71. The molecule has 1 heterocycles. The number of thioether (sulfide) groups is 1. The fourth-order valence-corrected chi connectivity index (χ4v) is 2.49. The lowest BCUT2D eigenvalue weighted by Crippen LogP contribution is -2.16. The molecule has 1 aromatic heterocycles. The van der Waals surface area contributed by atoms with Crippen molar-refractivity contribution in [3.05, 3.63) is 23.9 Å². The molecule has 16 heavy (non-hydrogen) atoms. The summed E-state index contributed by atoms with van der Waals surface area (Å²) in [7, 11) is 0. The van der Waals surface area contributed by atoms with Gasteiger partial charge < -0.3 is 5.32 Å². The lowest BCUT2D eigenvalue weighted by atomic mass is 10.1. The monoisotopic (exact) mass is 236 g/mol. The summed E-state index contributed by atoms with van der Waals surface area (Å²) in [5, 5.41) is 3.49. The van der Waals surface area contributed by atoms with Crippen LogP contribution in [0.4, 0.5) is 5.82 Å². The second-order valence-electron chi connectivity index (χ2n) is 4.71. The van der Waals surface area contributed by atoms with Crippen LogP contribution in [0.2, 0.25) is 0 Å². The smallest absolute Gasteiger partial charge is 0.126 e. The Kier molecular flexibility index (Phi) is 4.10. The molecule has 1 fully saturated rings. The average molecular weight is 236 g/mol. The highest BCUT2D eigenvalue weighted by Crippen LogP contribution is 2.33. The Balaban J connectivity index is 1.88. The van der Waals surface area contributed by atoms with E-state index in [2.05, 4.69) is 35.6 Å². The molecule has 0 aliphatic heterocycles. The van der Waals surface area contributed by atoms with E-state index in [9.17, 15) is 0 Å². The first-order valence-electron chi connectivity index (χ1n) is 5.98. The quantitative estimate of drug-likeness (QED) is 0.817. The minimum Gasteiger partial charge on any atom is -0.368 e. The third-order valence-electron chi connectivity index (χ3n) is 2.91. The van der Waals surface area contributed by atoms with Crippen LogP contribution in [0.1, 0.15) is 31.7 Å². The minimum absolute atomic E-state index is 0.546. The summed E-state index contributed by atoms with van der Waals surface area (Å²) in [4.78, 5) is 4.37. The molecule has 0 spiro atoms. The standard InChI is InChI=1S/C13H20N2S/c1-10(7-11-3-4-11)15-13-8-12(9-16-2)5-6-14-13/h5-6,8,10-11H,3-4,7,9H2,1-2H3,(H,14,15). The van der Waals surface area contributed by atoms with E-state index in [-0.39, 0.29) is 0 Å². The number of nitrogens with one attached hydrogen (secondary N) is 1. The summed E-state index contributed by atoms with van der Waals surface area (Å²) < 4.78 is 0. The molecule has 1 aromatic rings. The molecule has 1 atom stereocenters. The first-order chi connectivity index (χ1) is 7.78. The zero-order valence-corrected chi connectivity index (χ0v) is 10.9. The molecule has 1 unspecified atom stereocenters. The van der Waals surface area contributed by atoms with Gasteiger partial charge in [0.05, 0.1) is 0 Å². The molecule has 1 saturated carbocycles. The maximum absolute atomic E-state index is 4.37. The Morgan fingerprint density at radius 3 is 3.06 bits per heavy atom. The van der Waals surface area contributed by atoms with Crippen LogP contribution in [-0.2, 0) is 5.75 Å². The van der Waals surface area contributed by atoms with Gasteiger partial charge in [0.1, 0.15) is 5.82 Å². The molecule has 1 aliphatic rings. The SMILES string of the molecule is CSCc1ccnc(NC(C)CC2CC2)c1. The summed E-state index contributed by atoms with van der Waals surface area (Å²) in [5.74, 6) is 3.06. The van der Waals surface area contributed by atoms with E-state index < -0.39 is 0 Å². The summed E-state index contributed by atoms with van der Waals surface area (Å²) in [6.07, 6.45) is 8.16. The van der Waals surface area contributed by atoms with Gasteiger partial charge >= 0.3 is 0 Å². The Labute approximate surface area is 102 Å². The van der Waals surface area contributed by atoms with E-state index in [4.69, 9.17) is 0 Å². The van der Waals surface area contributed by atoms with Gasteiger partial charge in [0.2, 0.25) is 0 Å². The second-order valence-corrected chi connectivity index (χ2v) is 5.57. The molecule has 0 bridgehead atoms. The number of aromatic nitrogens is 1. The fraction of sp³-hybridized carbons (Fsp3) is 0.615. The van der Waals surface area contributed by atoms with Gasteiger partial charge in [-0.15, -0.1) is 0 Å². The van der Waals surface area contributed by atoms with Crippen molar-refractivity contribution in [1.82, 2.24) is 4.98 Å². The van der Waals surface area contributed by atoms with Gasteiger partial charge in [-0.1, -0.05) is 12.8 Å². The molecule has 0 saturated heterocycles. The van der Waals surface area contributed by atoms with Gasteiger partial charge in [-0.25, -0.2) is 4.98 Å². The van der Waals surface area contributed by atoms with Crippen molar-refractivity contribution in [2.24, 2.45) is 5.92 Å². The zero-order chi connectivity index (χ0) is 11.4. The number of hydrogen-bond donors (Lipinski definition) is 1. The van der Waals surface area contributed by atoms with Gasteiger partial charge in [0, 0.05) is 18.0 Å². The second kappa shape index (κ2) is 5.58. The molecule has 2 nitrogen and oxygen atoms in total. The topological polar surface area (TPSA) is 24.9 Å². The Morgan fingerprint density at radius 1 is 1.56 bits per heavy atom. The highest BCUT2D eigenvalue weighted by molar-refractivity contribution is 7.97. The maximum atomic E-state index is 4.37. The lowest BCUT2D eigenvalue weighted by molar-refractivity contribution is 0.640. The Bertz CT molecular complexity index is 336. The molecule has 0 aromatic carbocycles. The number of anilines is 1. The van der Waals surface area contributed by atoms with Crippen molar-refractivity contribution in [3.63, 3.8) is 0 Å². The van der Waals surface area contributed by atoms with Gasteiger partial charge in [0.25, 0.3) is 0 Å². The van der Waals surface area contributed by atoms with Crippen molar-refractivity contribution in [1.29, 1.82) is 0 Å². The van der Waals surface area contributed by atoms with E-state index in [1.54, 1.807) is 0 Å². The van der Waals surface area contributed by atoms with Crippen LogP contribution in [0.25, 0.3) is 0 Å². The number of hydrogen-bond acceptors (Lipinski definition) is 3. The van der Waals surface area contributed by atoms with Crippen LogP contribution in [0.15, 0.2) is 18.3 Å². The van der Waals surface area contributed by atoms with E-state index in [0.29, 0.717) is 6.04 Å². The fourth-order valence-electron chi connectivity index (χ4n) is 1.97. The molecule has 1 N–H and O–H groups in total. The average Bonchev–Trinajstić information content (AvgIpc) is 3.02. The molecule has 2 rings (SSSR count). The van der Waals surface area contributed by atoms with Crippen LogP contribution in [0.5, 0.6) is 0 Å². The first kappa shape index (κ1) is 11.8. The van der Waals surface area contributed by atoms with Crippen LogP contribution >= 0.6 is 11.8 Å². The van der Waals surface area contributed by atoms with Gasteiger partial charge in [0.15, 0.2) is 0 Å². The van der Waals surface area contributed by atoms with Crippen molar-refractivity contribution in [3.8, 4) is 0 Å². The lowest BCUT2D eigenvalue weighted by Gasteiger charge is -2.14.